The second kappa shape index (κ2) is 8.38. The van der Waals surface area contributed by atoms with Crippen LogP contribution in [0.4, 0.5) is 0 Å². The zero-order valence-corrected chi connectivity index (χ0v) is 11.5. The molecule has 0 aliphatic heterocycles. The van der Waals surface area contributed by atoms with Gasteiger partial charge in [0.15, 0.2) is 0 Å². The molecule has 0 amide bonds. The maximum Gasteiger partial charge on any atom is 0.148 e. The first-order valence-electron chi connectivity index (χ1n) is 5.03. The molecule has 15 heavy (non-hydrogen) atoms. The van der Waals surface area contributed by atoms with Crippen molar-refractivity contribution >= 4 is 21.6 Å². The summed E-state index contributed by atoms with van der Waals surface area (Å²) in [5.41, 5.74) is 0. The van der Waals surface area contributed by atoms with Crippen LogP contribution < -0.4 is 5.32 Å². The van der Waals surface area contributed by atoms with Gasteiger partial charge in [-0.2, -0.15) is 11.8 Å². The van der Waals surface area contributed by atoms with Crippen LogP contribution in [0, 0.1) is 0 Å². The van der Waals surface area contributed by atoms with Gasteiger partial charge in [-0.15, -0.1) is 0 Å². The Bertz CT molecular complexity index is 240. The maximum absolute atomic E-state index is 10.8. The predicted octanol–water partition coefficient (Wildman–Crippen LogP) is -0.0846. The summed E-state index contributed by atoms with van der Waals surface area (Å²) in [6, 6.07) is 0. The molecule has 0 aromatic carbocycles. The monoisotopic (exact) mass is 254 g/mol. The zero-order chi connectivity index (χ0) is 11.7. The van der Waals surface area contributed by atoms with Crippen LogP contribution in [0.2, 0.25) is 0 Å². The molecule has 0 rings (SSSR count). The van der Waals surface area contributed by atoms with E-state index >= 15 is 0 Å². The maximum atomic E-state index is 10.8. The largest absolute Gasteiger partial charge is 0.315 e. The summed E-state index contributed by atoms with van der Waals surface area (Å²) >= 11 is 1.68. The van der Waals surface area contributed by atoms with Crippen molar-refractivity contribution in [3.8, 4) is 0 Å². The fourth-order valence-electron chi connectivity index (χ4n) is 0.884. The highest BCUT2D eigenvalue weighted by Crippen LogP contribution is 1.99. The Morgan fingerprint density at radius 2 is 1.87 bits per heavy atom. The molecule has 0 radical (unpaired) electrons. The van der Waals surface area contributed by atoms with Gasteiger partial charge in [0.1, 0.15) is 9.84 Å². The highest BCUT2D eigenvalue weighted by molar-refractivity contribution is 8.00. The summed E-state index contributed by atoms with van der Waals surface area (Å²) in [6.45, 7) is 2.97. The van der Waals surface area contributed by atoms with Gasteiger partial charge in [-0.05, 0) is 14.1 Å². The van der Waals surface area contributed by atoms with Crippen molar-refractivity contribution in [3.05, 3.63) is 0 Å². The van der Waals surface area contributed by atoms with Crippen LogP contribution in [-0.4, -0.2) is 70.6 Å². The van der Waals surface area contributed by atoms with Gasteiger partial charge in [-0.25, -0.2) is 8.42 Å². The smallest absolute Gasteiger partial charge is 0.148 e. The Hall–Kier alpha value is 0.220. The van der Waals surface area contributed by atoms with Gasteiger partial charge in [-0.3, -0.25) is 0 Å². The summed E-state index contributed by atoms with van der Waals surface area (Å²) in [5.74, 6) is 1.96. The molecule has 1 N–H and O–H groups in total. The third-order valence-corrected chi connectivity index (χ3v) is 3.95. The lowest BCUT2D eigenvalue weighted by Gasteiger charge is -2.09. The zero-order valence-electron chi connectivity index (χ0n) is 9.82. The van der Waals surface area contributed by atoms with E-state index in [1.54, 1.807) is 11.8 Å². The minimum Gasteiger partial charge on any atom is -0.315 e. The standard InChI is InChI=1S/C9H22N2O2S2/c1-11(2)6-4-10-5-7-14-8-9-15(3,12)13/h10H,4-9H2,1-3H3. The molecule has 92 valence electrons. The van der Waals surface area contributed by atoms with E-state index in [2.05, 4.69) is 10.2 Å². The average Bonchev–Trinajstić information content (AvgIpc) is 2.07. The molecule has 6 heteroatoms. The molecule has 0 atom stereocenters. The molecule has 0 aliphatic carbocycles. The molecular formula is C9H22N2O2S2. The summed E-state index contributed by atoms with van der Waals surface area (Å²) < 4.78 is 21.6. The number of likely N-dealkylation sites (N-methyl/N-ethyl adjacent to an activating group) is 1. The number of rotatable bonds is 9. The summed E-state index contributed by atoms with van der Waals surface area (Å²) in [6.07, 6.45) is 1.28. The van der Waals surface area contributed by atoms with E-state index in [1.165, 1.54) is 6.26 Å². The van der Waals surface area contributed by atoms with Crippen molar-refractivity contribution in [1.29, 1.82) is 0 Å². The third-order valence-electron chi connectivity index (χ3n) is 1.76. The van der Waals surface area contributed by atoms with Crippen LogP contribution in [-0.2, 0) is 9.84 Å². The number of sulfone groups is 1. The minimum atomic E-state index is -2.78. The van der Waals surface area contributed by atoms with Gasteiger partial charge in [0.05, 0.1) is 5.75 Å². The summed E-state index contributed by atoms with van der Waals surface area (Å²) in [7, 11) is 1.31. The highest BCUT2D eigenvalue weighted by atomic mass is 32.2. The average molecular weight is 254 g/mol. The first-order chi connectivity index (χ1) is 6.92. The fraction of sp³-hybridized carbons (Fsp3) is 1.00. The minimum absolute atomic E-state index is 0.287. The van der Waals surface area contributed by atoms with Crippen molar-refractivity contribution in [2.75, 3.05) is 57.2 Å². The van der Waals surface area contributed by atoms with Crippen molar-refractivity contribution in [1.82, 2.24) is 10.2 Å². The van der Waals surface area contributed by atoms with Gasteiger partial charge < -0.3 is 10.2 Å². The van der Waals surface area contributed by atoms with E-state index in [0.717, 1.165) is 25.4 Å². The first kappa shape index (κ1) is 15.2. The number of hydrogen-bond acceptors (Lipinski definition) is 5. The van der Waals surface area contributed by atoms with Crippen molar-refractivity contribution in [2.45, 2.75) is 0 Å². The van der Waals surface area contributed by atoms with E-state index in [-0.39, 0.29) is 5.75 Å². The molecular weight excluding hydrogens is 232 g/mol. The van der Waals surface area contributed by atoms with Crippen molar-refractivity contribution < 1.29 is 8.42 Å². The van der Waals surface area contributed by atoms with E-state index < -0.39 is 9.84 Å². The molecule has 0 aromatic rings. The third kappa shape index (κ3) is 14.2. The Balaban J connectivity index is 3.12. The highest BCUT2D eigenvalue weighted by Gasteiger charge is 2.00. The van der Waals surface area contributed by atoms with Crippen LogP contribution in [0.25, 0.3) is 0 Å². The molecule has 0 fully saturated rings. The predicted molar refractivity (Wildman–Crippen MR) is 68.5 cm³/mol. The molecule has 0 aromatic heterocycles. The Morgan fingerprint density at radius 1 is 1.20 bits per heavy atom. The summed E-state index contributed by atoms with van der Waals surface area (Å²) in [4.78, 5) is 2.13. The number of nitrogens with zero attached hydrogens (tertiary/aromatic N) is 1. The van der Waals surface area contributed by atoms with E-state index in [4.69, 9.17) is 0 Å². The van der Waals surface area contributed by atoms with E-state index in [0.29, 0.717) is 5.75 Å². The second-order valence-corrected chi connectivity index (χ2v) is 7.28. The van der Waals surface area contributed by atoms with E-state index in [9.17, 15) is 8.42 Å². The van der Waals surface area contributed by atoms with Crippen LogP contribution >= 0.6 is 11.8 Å². The molecule has 0 saturated heterocycles. The SMILES string of the molecule is CN(C)CCNCCSCCS(C)(=O)=O. The molecule has 0 aliphatic rings. The number of nitrogens with one attached hydrogen (secondary N) is 1. The lowest BCUT2D eigenvalue weighted by molar-refractivity contribution is 0.403. The van der Waals surface area contributed by atoms with Gasteiger partial charge in [0.25, 0.3) is 0 Å². The first-order valence-corrected chi connectivity index (χ1v) is 8.24. The second-order valence-electron chi connectivity index (χ2n) is 3.80. The number of thioether (sulfide) groups is 1. The Morgan fingerprint density at radius 3 is 2.40 bits per heavy atom. The van der Waals surface area contributed by atoms with Crippen molar-refractivity contribution in [2.24, 2.45) is 0 Å². The molecule has 4 nitrogen and oxygen atoms in total. The number of hydrogen-bond donors (Lipinski definition) is 1. The molecule has 0 bridgehead atoms. The molecule has 0 saturated carbocycles. The lowest BCUT2D eigenvalue weighted by Crippen LogP contribution is -2.28. The van der Waals surface area contributed by atoms with Gasteiger partial charge in [0, 0.05) is 37.4 Å². The quantitative estimate of drug-likeness (QED) is 0.583. The normalized spacial score (nSPS) is 12.3. The fourth-order valence-corrected chi connectivity index (χ4v) is 3.06. The van der Waals surface area contributed by atoms with Crippen LogP contribution in [0.15, 0.2) is 0 Å². The molecule has 0 heterocycles. The summed E-state index contributed by atoms with van der Waals surface area (Å²) in [5, 5.41) is 3.30. The Labute approximate surface area is 97.7 Å². The van der Waals surface area contributed by atoms with Crippen molar-refractivity contribution in [3.63, 3.8) is 0 Å². The molecule has 0 spiro atoms. The van der Waals surface area contributed by atoms with Crippen LogP contribution in [0.3, 0.4) is 0 Å². The Kier molecular flexibility index (Phi) is 8.50. The van der Waals surface area contributed by atoms with Crippen LogP contribution in [0.5, 0.6) is 0 Å². The lowest BCUT2D eigenvalue weighted by atomic mass is 10.5. The molecule has 0 unspecified atom stereocenters. The van der Waals surface area contributed by atoms with E-state index in [1.807, 2.05) is 14.1 Å². The topological polar surface area (TPSA) is 49.4 Å². The van der Waals surface area contributed by atoms with Crippen LogP contribution in [0.1, 0.15) is 0 Å². The van der Waals surface area contributed by atoms with Gasteiger partial charge >= 0.3 is 0 Å². The van der Waals surface area contributed by atoms with Gasteiger partial charge in [0.2, 0.25) is 0 Å². The van der Waals surface area contributed by atoms with Gasteiger partial charge in [-0.1, -0.05) is 0 Å².